The second-order valence-electron chi connectivity index (χ2n) is 1.94. The van der Waals surface area contributed by atoms with Crippen LogP contribution in [0.1, 0.15) is 0 Å². The van der Waals surface area contributed by atoms with Gasteiger partial charge in [-0.25, -0.2) is 0 Å². The third kappa shape index (κ3) is 51.3. The van der Waals surface area contributed by atoms with Crippen LogP contribution < -0.4 is 5.32 Å². The van der Waals surface area contributed by atoms with Crippen molar-refractivity contribution < 1.29 is 57.4 Å². The fourth-order valence-corrected chi connectivity index (χ4v) is 0.482. The molecule has 0 saturated carbocycles. The average Bonchev–Trinajstić information content (AvgIpc) is 2.00. The first-order valence-electron chi connectivity index (χ1n) is 3.36. The summed E-state index contributed by atoms with van der Waals surface area (Å²) in [6.07, 6.45) is 0. The molecule has 0 rings (SSSR count). The minimum absolute atomic E-state index is 0. The van der Waals surface area contributed by atoms with Crippen LogP contribution in [0.4, 0.5) is 0 Å². The Hall–Kier alpha value is 0.620. The zero-order valence-electron chi connectivity index (χ0n) is 9.45. The molecule has 14 heteroatoms. The van der Waals surface area contributed by atoms with Crippen LogP contribution in [0.5, 0.6) is 0 Å². The van der Waals surface area contributed by atoms with Gasteiger partial charge in [0.05, 0.1) is 19.7 Å². The average molecular weight is 333 g/mol. The number of carbonyl (C=O) groups excluding carboxylic acids is 1. The predicted molar refractivity (Wildman–Crippen MR) is 74.5 cm³/mol. The fraction of sp³-hybridized carbons (Fsp3) is 0.667. The van der Waals surface area contributed by atoms with Crippen LogP contribution in [0, 0.1) is 0 Å². The van der Waals surface area contributed by atoms with E-state index >= 15 is 0 Å². The number of aliphatic hydroxyl groups excluding tert-OH is 1. The normalized spacial score (nSPS) is 5.65. The second-order valence-corrected chi connectivity index (χ2v) is 1.94. The van der Waals surface area contributed by atoms with Crippen molar-refractivity contribution in [3.63, 3.8) is 0 Å². The minimum atomic E-state index is -1.04. The van der Waals surface area contributed by atoms with Crippen molar-refractivity contribution in [2.24, 2.45) is 0 Å². The molecule has 0 aliphatic carbocycles. The summed E-state index contributed by atoms with van der Waals surface area (Å²) in [5.41, 5.74) is 0. The standard InChI is InChI=1S/C6H11NO5.2Na.6H2O.2H/c8-1-2-12-6(11)4-7-3-5(9)10;;;;;;;;;;/h7-8H,1-4H2,(H,9,10);;;6*1H2;;. The van der Waals surface area contributed by atoms with Gasteiger partial charge in [-0.1, -0.05) is 0 Å². The summed E-state index contributed by atoms with van der Waals surface area (Å²) in [5.74, 6) is -1.62. The Balaban J connectivity index is -0.0000000216. The number of aliphatic hydroxyl groups is 1. The molecule has 15 N–H and O–H groups in total. The first kappa shape index (κ1) is 58.8. The molecule has 20 heavy (non-hydrogen) atoms. The quantitative estimate of drug-likeness (QED) is 0.313. The molecule has 122 valence electrons. The molecule has 0 amide bonds. The van der Waals surface area contributed by atoms with Gasteiger partial charge in [0.1, 0.15) is 6.61 Å². The van der Waals surface area contributed by atoms with Gasteiger partial charge in [0.2, 0.25) is 0 Å². The monoisotopic (exact) mass is 333 g/mol. The first-order valence-corrected chi connectivity index (χ1v) is 3.36. The molecule has 0 aromatic heterocycles. The maximum atomic E-state index is 10.6. The first-order chi connectivity index (χ1) is 5.66. The van der Waals surface area contributed by atoms with Crippen LogP contribution in [0.15, 0.2) is 0 Å². The Bertz CT molecular complexity index is 173. The van der Waals surface area contributed by atoms with Gasteiger partial charge in [-0.3, -0.25) is 14.9 Å². The van der Waals surface area contributed by atoms with E-state index in [1.165, 1.54) is 0 Å². The van der Waals surface area contributed by atoms with Gasteiger partial charge in [0, 0.05) is 0 Å². The number of carboxylic acid groups (broad SMARTS) is 1. The zero-order chi connectivity index (χ0) is 9.40. The summed E-state index contributed by atoms with van der Waals surface area (Å²) in [5, 5.41) is 18.7. The van der Waals surface area contributed by atoms with Crippen molar-refractivity contribution in [2.75, 3.05) is 26.3 Å². The Morgan fingerprint density at radius 2 is 1.30 bits per heavy atom. The van der Waals surface area contributed by atoms with E-state index in [1.54, 1.807) is 0 Å². The molecule has 0 unspecified atom stereocenters. The molecule has 0 heterocycles. The SMILES string of the molecule is O.O.O.O.O.O.O=C(O)CNCC(=O)OCCO.[NaH].[NaH]. The molecule has 12 nitrogen and oxygen atoms in total. The fourth-order valence-electron chi connectivity index (χ4n) is 0.482. The van der Waals surface area contributed by atoms with Gasteiger partial charge in [-0.15, -0.1) is 0 Å². The van der Waals surface area contributed by atoms with Gasteiger partial charge in [-0.2, -0.15) is 0 Å². The predicted octanol–water partition coefficient (Wildman–Crippen LogP) is -8.05. The van der Waals surface area contributed by atoms with Crippen LogP contribution in [-0.4, -0.2) is 140 Å². The number of hydrogen-bond donors (Lipinski definition) is 3. The van der Waals surface area contributed by atoms with E-state index in [9.17, 15) is 9.59 Å². The number of aliphatic carboxylic acids is 1. The number of nitrogens with one attached hydrogen (secondary N) is 1. The molecule has 0 fully saturated rings. The van der Waals surface area contributed by atoms with Crippen LogP contribution in [0.25, 0.3) is 0 Å². The summed E-state index contributed by atoms with van der Waals surface area (Å²) < 4.78 is 4.43. The molecule has 0 atom stereocenters. The molecule has 0 aromatic carbocycles. The number of rotatable bonds is 6. The van der Waals surface area contributed by atoms with E-state index in [-0.39, 0.29) is 118 Å². The van der Waals surface area contributed by atoms with E-state index < -0.39 is 11.9 Å². The molecule has 0 aliphatic heterocycles. The van der Waals surface area contributed by atoms with E-state index in [0.29, 0.717) is 0 Å². The van der Waals surface area contributed by atoms with Crippen molar-refractivity contribution >= 4 is 71.1 Å². The number of esters is 1. The number of carbonyl (C=O) groups is 2. The van der Waals surface area contributed by atoms with Gasteiger partial charge in [0.25, 0.3) is 0 Å². The van der Waals surface area contributed by atoms with Crippen LogP contribution >= 0.6 is 0 Å². The summed E-state index contributed by atoms with van der Waals surface area (Å²) in [6.45, 7) is -0.737. The van der Waals surface area contributed by atoms with Crippen LogP contribution in [0.3, 0.4) is 0 Å². The van der Waals surface area contributed by atoms with Crippen molar-refractivity contribution in [3.8, 4) is 0 Å². The molecule has 0 bridgehead atoms. The Labute approximate surface area is 159 Å². The summed E-state index contributed by atoms with van der Waals surface area (Å²) in [7, 11) is 0. The van der Waals surface area contributed by atoms with Gasteiger partial charge >= 0.3 is 71.1 Å². The number of hydrogen-bond acceptors (Lipinski definition) is 5. The molecule has 0 radical (unpaired) electrons. The number of ether oxygens (including phenoxy) is 1. The van der Waals surface area contributed by atoms with Gasteiger partial charge < -0.3 is 47.8 Å². The van der Waals surface area contributed by atoms with E-state index in [4.69, 9.17) is 10.2 Å². The summed E-state index contributed by atoms with van der Waals surface area (Å²) in [4.78, 5) is 20.5. The van der Waals surface area contributed by atoms with Gasteiger partial charge in [0.15, 0.2) is 0 Å². The molecule has 0 spiro atoms. The van der Waals surface area contributed by atoms with Crippen molar-refractivity contribution in [3.05, 3.63) is 0 Å². The van der Waals surface area contributed by atoms with Crippen molar-refractivity contribution in [1.29, 1.82) is 0 Å². The van der Waals surface area contributed by atoms with E-state index in [2.05, 4.69) is 10.1 Å². The topological polar surface area (TPSA) is 285 Å². The Morgan fingerprint density at radius 3 is 1.60 bits per heavy atom. The Morgan fingerprint density at radius 1 is 0.900 bits per heavy atom. The van der Waals surface area contributed by atoms with Gasteiger partial charge in [-0.05, 0) is 0 Å². The third-order valence-electron chi connectivity index (χ3n) is 0.900. The third-order valence-corrected chi connectivity index (χ3v) is 0.900. The number of carboxylic acids is 1. The van der Waals surface area contributed by atoms with E-state index in [1.807, 2.05) is 0 Å². The molecular formula is C6H25NNa2O11. The zero-order valence-corrected chi connectivity index (χ0v) is 9.45. The van der Waals surface area contributed by atoms with Crippen molar-refractivity contribution in [2.45, 2.75) is 0 Å². The van der Waals surface area contributed by atoms with Crippen LogP contribution in [-0.2, 0) is 14.3 Å². The van der Waals surface area contributed by atoms with Crippen molar-refractivity contribution in [1.82, 2.24) is 5.32 Å². The van der Waals surface area contributed by atoms with E-state index in [0.717, 1.165) is 0 Å². The van der Waals surface area contributed by atoms with Crippen LogP contribution in [0.2, 0.25) is 0 Å². The summed E-state index contributed by atoms with van der Waals surface area (Å²) >= 11 is 0. The molecule has 0 aliphatic rings. The Kier molecular flexibility index (Phi) is 126. The molecule has 0 aromatic rings. The second kappa shape index (κ2) is 42.7. The molecule has 0 saturated heterocycles. The molecular weight excluding hydrogens is 308 g/mol. The maximum absolute atomic E-state index is 10.6. The summed E-state index contributed by atoms with van der Waals surface area (Å²) in [6, 6.07) is 0.